The van der Waals surface area contributed by atoms with E-state index in [1.807, 2.05) is 31.2 Å². The SMILES string of the molecule is COc1ccc2c(c1)CCC(c1c(C)cccc1[N+](=O)[O-])=C2. The lowest BCUT2D eigenvalue weighted by atomic mass is 9.86. The highest BCUT2D eigenvalue weighted by molar-refractivity contribution is 5.88. The van der Waals surface area contributed by atoms with E-state index in [0.29, 0.717) is 0 Å². The average Bonchev–Trinajstić information content (AvgIpc) is 2.53. The first-order valence-corrected chi connectivity index (χ1v) is 7.22. The van der Waals surface area contributed by atoms with Gasteiger partial charge in [-0.1, -0.05) is 24.3 Å². The van der Waals surface area contributed by atoms with Gasteiger partial charge in [0, 0.05) is 6.07 Å². The lowest BCUT2D eigenvalue weighted by Crippen LogP contribution is -2.03. The second-order valence-corrected chi connectivity index (χ2v) is 5.46. The van der Waals surface area contributed by atoms with Gasteiger partial charge in [0.2, 0.25) is 0 Å². The van der Waals surface area contributed by atoms with E-state index in [9.17, 15) is 10.1 Å². The van der Waals surface area contributed by atoms with Crippen LogP contribution in [0.15, 0.2) is 36.4 Å². The Labute approximate surface area is 129 Å². The summed E-state index contributed by atoms with van der Waals surface area (Å²) in [5.41, 5.74) is 5.25. The number of rotatable bonds is 3. The maximum Gasteiger partial charge on any atom is 0.277 e. The Bertz CT molecular complexity index is 778. The van der Waals surface area contributed by atoms with Gasteiger partial charge in [-0.3, -0.25) is 10.1 Å². The fourth-order valence-corrected chi connectivity index (χ4v) is 3.01. The summed E-state index contributed by atoms with van der Waals surface area (Å²) < 4.78 is 5.25. The van der Waals surface area contributed by atoms with Crippen molar-refractivity contribution in [2.24, 2.45) is 0 Å². The summed E-state index contributed by atoms with van der Waals surface area (Å²) in [4.78, 5) is 11.0. The van der Waals surface area contributed by atoms with Crippen LogP contribution in [0.25, 0.3) is 11.6 Å². The van der Waals surface area contributed by atoms with Gasteiger partial charge in [0.15, 0.2) is 0 Å². The molecule has 0 saturated heterocycles. The lowest BCUT2D eigenvalue weighted by molar-refractivity contribution is -0.385. The van der Waals surface area contributed by atoms with Gasteiger partial charge in [0.25, 0.3) is 5.69 Å². The number of nitro benzene ring substituents is 1. The number of benzene rings is 2. The van der Waals surface area contributed by atoms with Crippen molar-refractivity contribution in [3.63, 3.8) is 0 Å². The zero-order valence-electron chi connectivity index (χ0n) is 12.6. The molecule has 0 unspecified atom stereocenters. The minimum Gasteiger partial charge on any atom is -0.497 e. The number of allylic oxidation sites excluding steroid dienone is 1. The molecule has 0 bridgehead atoms. The standard InChI is InChI=1S/C18H17NO3/c1-12-4-3-5-17(19(20)21)18(12)15-7-6-14-11-16(22-2)9-8-13(14)10-15/h3-5,8-11H,6-7H2,1-2H3. The molecule has 3 rings (SSSR count). The Morgan fingerprint density at radius 3 is 2.73 bits per heavy atom. The first kappa shape index (κ1) is 14.3. The Balaban J connectivity index is 2.11. The fourth-order valence-electron chi connectivity index (χ4n) is 3.01. The van der Waals surface area contributed by atoms with Crippen molar-refractivity contribution in [3.05, 3.63) is 68.8 Å². The van der Waals surface area contributed by atoms with Crippen LogP contribution in [0.1, 0.15) is 28.7 Å². The highest BCUT2D eigenvalue weighted by Crippen LogP contribution is 2.37. The molecule has 0 atom stereocenters. The van der Waals surface area contributed by atoms with Gasteiger partial charge in [-0.05, 0) is 54.2 Å². The second kappa shape index (κ2) is 5.64. The Kier molecular flexibility index (Phi) is 3.67. The zero-order valence-corrected chi connectivity index (χ0v) is 12.6. The van der Waals surface area contributed by atoms with E-state index in [-0.39, 0.29) is 10.6 Å². The van der Waals surface area contributed by atoms with Crippen LogP contribution < -0.4 is 4.74 Å². The molecule has 0 N–H and O–H groups in total. The molecule has 0 radical (unpaired) electrons. The number of nitro groups is 1. The summed E-state index contributed by atoms with van der Waals surface area (Å²) in [6, 6.07) is 11.2. The molecule has 0 spiro atoms. The molecule has 22 heavy (non-hydrogen) atoms. The Morgan fingerprint density at radius 1 is 1.18 bits per heavy atom. The van der Waals surface area contributed by atoms with Crippen molar-refractivity contribution in [1.29, 1.82) is 0 Å². The molecule has 0 saturated carbocycles. The minimum absolute atomic E-state index is 0.184. The normalized spacial score (nSPS) is 13.3. The molecule has 2 aromatic rings. The van der Waals surface area contributed by atoms with E-state index in [0.717, 1.165) is 40.9 Å². The van der Waals surface area contributed by atoms with E-state index in [2.05, 4.69) is 6.08 Å². The number of nitrogens with zero attached hydrogens (tertiary/aromatic N) is 1. The molecular formula is C18H17NO3. The number of ether oxygens (including phenoxy) is 1. The smallest absolute Gasteiger partial charge is 0.277 e. The molecule has 4 nitrogen and oxygen atoms in total. The van der Waals surface area contributed by atoms with Crippen LogP contribution in [0.5, 0.6) is 5.75 Å². The van der Waals surface area contributed by atoms with Crippen molar-refractivity contribution >= 4 is 17.3 Å². The monoisotopic (exact) mass is 295 g/mol. The van der Waals surface area contributed by atoms with Gasteiger partial charge in [-0.15, -0.1) is 0 Å². The first-order valence-electron chi connectivity index (χ1n) is 7.22. The van der Waals surface area contributed by atoms with E-state index in [1.54, 1.807) is 19.2 Å². The van der Waals surface area contributed by atoms with Crippen LogP contribution in [0.3, 0.4) is 0 Å². The summed E-state index contributed by atoms with van der Waals surface area (Å²) >= 11 is 0. The average molecular weight is 295 g/mol. The Morgan fingerprint density at radius 2 is 2.00 bits per heavy atom. The summed E-state index contributed by atoms with van der Waals surface area (Å²) in [6.07, 6.45) is 3.73. The molecule has 112 valence electrons. The Hall–Kier alpha value is -2.62. The van der Waals surface area contributed by atoms with Gasteiger partial charge in [-0.2, -0.15) is 0 Å². The number of hydrogen-bond acceptors (Lipinski definition) is 3. The molecule has 2 aromatic carbocycles. The lowest BCUT2D eigenvalue weighted by Gasteiger charge is -2.18. The molecule has 0 aromatic heterocycles. The molecular weight excluding hydrogens is 278 g/mol. The highest BCUT2D eigenvalue weighted by Gasteiger charge is 2.21. The van der Waals surface area contributed by atoms with Crippen LogP contribution >= 0.6 is 0 Å². The van der Waals surface area contributed by atoms with E-state index >= 15 is 0 Å². The van der Waals surface area contributed by atoms with Crippen LogP contribution in [-0.2, 0) is 6.42 Å². The van der Waals surface area contributed by atoms with E-state index in [4.69, 9.17) is 4.74 Å². The van der Waals surface area contributed by atoms with Crippen molar-refractivity contribution < 1.29 is 9.66 Å². The summed E-state index contributed by atoms with van der Waals surface area (Å²) in [5, 5.41) is 11.3. The van der Waals surface area contributed by atoms with Crippen molar-refractivity contribution in [1.82, 2.24) is 0 Å². The van der Waals surface area contributed by atoms with Gasteiger partial charge >= 0.3 is 0 Å². The summed E-state index contributed by atoms with van der Waals surface area (Å²) in [7, 11) is 1.66. The van der Waals surface area contributed by atoms with E-state index < -0.39 is 0 Å². The minimum atomic E-state index is -0.299. The third-order valence-electron chi connectivity index (χ3n) is 4.11. The van der Waals surface area contributed by atoms with Crippen LogP contribution in [-0.4, -0.2) is 12.0 Å². The largest absolute Gasteiger partial charge is 0.497 e. The third-order valence-corrected chi connectivity index (χ3v) is 4.11. The topological polar surface area (TPSA) is 52.4 Å². The maximum absolute atomic E-state index is 11.3. The number of fused-ring (bicyclic) bond motifs is 1. The molecule has 4 heteroatoms. The second-order valence-electron chi connectivity index (χ2n) is 5.46. The van der Waals surface area contributed by atoms with Crippen molar-refractivity contribution in [3.8, 4) is 5.75 Å². The highest BCUT2D eigenvalue weighted by atomic mass is 16.6. The number of aryl methyl sites for hydroxylation is 2. The van der Waals surface area contributed by atoms with Crippen LogP contribution in [0, 0.1) is 17.0 Å². The van der Waals surface area contributed by atoms with Crippen LogP contribution in [0.2, 0.25) is 0 Å². The number of hydrogen-bond donors (Lipinski definition) is 0. The third kappa shape index (κ3) is 2.48. The molecule has 1 aliphatic rings. The van der Waals surface area contributed by atoms with Gasteiger partial charge in [0.1, 0.15) is 5.75 Å². The van der Waals surface area contributed by atoms with Gasteiger partial charge in [-0.25, -0.2) is 0 Å². The molecule has 0 fully saturated rings. The van der Waals surface area contributed by atoms with Crippen molar-refractivity contribution in [2.75, 3.05) is 7.11 Å². The quantitative estimate of drug-likeness (QED) is 0.623. The van der Waals surface area contributed by atoms with Gasteiger partial charge < -0.3 is 4.74 Å². The first-order chi connectivity index (χ1) is 10.6. The van der Waals surface area contributed by atoms with Gasteiger partial charge in [0.05, 0.1) is 17.6 Å². The van der Waals surface area contributed by atoms with Crippen molar-refractivity contribution in [2.45, 2.75) is 19.8 Å². The molecule has 0 heterocycles. The number of methoxy groups -OCH3 is 1. The summed E-state index contributed by atoms with van der Waals surface area (Å²) in [5.74, 6) is 0.845. The zero-order chi connectivity index (χ0) is 15.7. The molecule has 1 aliphatic carbocycles. The predicted molar refractivity (Wildman–Crippen MR) is 87.0 cm³/mol. The molecule has 0 amide bonds. The fraction of sp³-hybridized carbons (Fsp3) is 0.222. The maximum atomic E-state index is 11.3. The van der Waals surface area contributed by atoms with Crippen LogP contribution in [0.4, 0.5) is 5.69 Å². The molecule has 0 aliphatic heterocycles. The summed E-state index contributed by atoms with van der Waals surface area (Å²) in [6.45, 7) is 1.92. The predicted octanol–water partition coefficient (Wildman–Crippen LogP) is 4.40. The van der Waals surface area contributed by atoms with E-state index in [1.165, 1.54) is 5.56 Å².